The van der Waals surface area contributed by atoms with Crippen molar-refractivity contribution < 1.29 is 19.2 Å². The Morgan fingerprint density at radius 2 is 1.80 bits per heavy atom. The Bertz CT molecular complexity index is 845. The molecule has 0 unspecified atom stereocenters. The van der Waals surface area contributed by atoms with Gasteiger partial charge in [-0.2, -0.15) is 5.90 Å². The summed E-state index contributed by atoms with van der Waals surface area (Å²) in [6, 6.07) is 6.32. The van der Waals surface area contributed by atoms with E-state index in [4.69, 9.17) is 28.1 Å². The second-order valence-electron chi connectivity index (χ2n) is 5.81. The van der Waals surface area contributed by atoms with Gasteiger partial charge in [0.2, 0.25) is 11.8 Å². The largest absolute Gasteiger partial charge is 0.472 e. The van der Waals surface area contributed by atoms with Crippen molar-refractivity contribution in [1.82, 2.24) is 4.90 Å². The predicted molar refractivity (Wildman–Crippen MR) is 117 cm³/mol. The number of hydrogen-bond acceptors (Lipinski definition) is 7. The molecule has 9 heteroatoms. The molecule has 0 heterocycles. The van der Waals surface area contributed by atoms with Crippen molar-refractivity contribution >= 4 is 29.4 Å². The molecule has 0 aromatic heterocycles. The number of hydrazone groups is 1. The molecule has 0 atom stereocenters. The van der Waals surface area contributed by atoms with E-state index in [-0.39, 0.29) is 24.3 Å². The number of likely N-dealkylation sites (N-methyl/N-ethyl adjacent to an activating group) is 1. The number of halogens is 1. The molecule has 1 aromatic rings. The van der Waals surface area contributed by atoms with Gasteiger partial charge in [-0.3, -0.25) is 4.79 Å². The highest BCUT2D eigenvalue weighted by molar-refractivity contribution is 6.27. The molecule has 1 amide bonds. The highest BCUT2D eigenvalue weighted by Crippen LogP contribution is 2.16. The number of ether oxygens (including phenoxy) is 1. The number of nitrogens with zero attached hydrogens (tertiary/aromatic N) is 2. The van der Waals surface area contributed by atoms with Crippen LogP contribution in [-0.4, -0.2) is 42.2 Å². The fourth-order valence-corrected chi connectivity index (χ4v) is 2.57. The molecule has 0 fully saturated rings. The lowest BCUT2D eigenvalue weighted by molar-refractivity contribution is -0.125. The summed E-state index contributed by atoms with van der Waals surface area (Å²) in [5.74, 6) is 9.60. The standard InChI is InChI=1S/C19H21ClN4O4.C2H6/c1-24(17(25)11-20)16-4-2-3-13(5-10-16)12-27-18(23-21)14-6-8-15(9-7-14)19(26)28-22;1-2/h2,4-10H,3,11-12,21-22H2,1H3;1-2H3/b23-18-;. The summed E-state index contributed by atoms with van der Waals surface area (Å²) in [5.41, 5.74) is 2.59. The molecule has 1 aliphatic rings. The molecule has 0 radical (unpaired) electrons. The van der Waals surface area contributed by atoms with E-state index in [0.717, 1.165) is 11.3 Å². The third-order valence-corrected chi connectivity index (χ3v) is 4.25. The zero-order valence-corrected chi connectivity index (χ0v) is 18.1. The summed E-state index contributed by atoms with van der Waals surface area (Å²) >= 11 is 5.59. The van der Waals surface area contributed by atoms with Crippen LogP contribution >= 0.6 is 11.6 Å². The summed E-state index contributed by atoms with van der Waals surface area (Å²) in [4.78, 5) is 28.8. The maximum atomic E-state index is 11.7. The average Bonchev–Trinajstić information content (AvgIpc) is 3.05. The summed E-state index contributed by atoms with van der Waals surface area (Å²) in [6.45, 7) is 4.25. The summed E-state index contributed by atoms with van der Waals surface area (Å²) in [6.07, 6.45) is 8.11. The van der Waals surface area contributed by atoms with E-state index in [1.165, 1.54) is 17.0 Å². The molecule has 2 rings (SSSR count). The van der Waals surface area contributed by atoms with Gasteiger partial charge in [0.25, 0.3) is 0 Å². The van der Waals surface area contributed by atoms with Crippen LogP contribution in [-0.2, 0) is 14.4 Å². The van der Waals surface area contributed by atoms with E-state index in [0.29, 0.717) is 17.5 Å². The van der Waals surface area contributed by atoms with E-state index >= 15 is 0 Å². The summed E-state index contributed by atoms with van der Waals surface area (Å²) in [7, 11) is 1.67. The van der Waals surface area contributed by atoms with Gasteiger partial charge in [0, 0.05) is 18.3 Å². The highest BCUT2D eigenvalue weighted by Gasteiger charge is 2.12. The van der Waals surface area contributed by atoms with Crippen molar-refractivity contribution in [2.45, 2.75) is 20.3 Å². The monoisotopic (exact) mass is 434 g/mol. The van der Waals surface area contributed by atoms with Crippen LogP contribution in [0.4, 0.5) is 0 Å². The molecule has 0 saturated heterocycles. The van der Waals surface area contributed by atoms with Crippen LogP contribution in [0.1, 0.15) is 36.2 Å². The molecule has 0 spiro atoms. The molecule has 30 heavy (non-hydrogen) atoms. The molecule has 8 nitrogen and oxygen atoms in total. The molecule has 0 bridgehead atoms. The molecule has 0 aliphatic heterocycles. The molecule has 162 valence electrons. The van der Waals surface area contributed by atoms with Crippen molar-refractivity contribution in [3.05, 3.63) is 71.0 Å². The fourth-order valence-electron chi connectivity index (χ4n) is 2.40. The van der Waals surface area contributed by atoms with Gasteiger partial charge in [-0.15, -0.1) is 16.7 Å². The van der Waals surface area contributed by atoms with Crippen LogP contribution in [0.25, 0.3) is 0 Å². The average molecular weight is 435 g/mol. The Kier molecular flexibility index (Phi) is 11.0. The Morgan fingerprint density at radius 1 is 1.17 bits per heavy atom. The second kappa shape index (κ2) is 13.2. The predicted octanol–water partition coefficient (Wildman–Crippen LogP) is 2.85. The lowest BCUT2D eigenvalue weighted by atomic mass is 10.1. The zero-order valence-electron chi connectivity index (χ0n) is 17.3. The highest BCUT2D eigenvalue weighted by atomic mass is 35.5. The number of hydrogen-bond donors (Lipinski definition) is 2. The first kappa shape index (κ1) is 24.9. The first-order valence-electron chi connectivity index (χ1n) is 9.31. The van der Waals surface area contributed by atoms with Gasteiger partial charge in [0.05, 0.1) is 5.56 Å². The molecular weight excluding hydrogens is 408 g/mol. The molecule has 1 aliphatic carbocycles. The quantitative estimate of drug-likeness (QED) is 0.233. The minimum absolute atomic E-state index is 0.0839. The number of nitrogens with two attached hydrogens (primary N) is 2. The van der Waals surface area contributed by atoms with Crippen LogP contribution in [0, 0.1) is 0 Å². The number of carbonyl (C=O) groups excluding carboxylic acids is 2. The van der Waals surface area contributed by atoms with Gasteiger partial charge in [0.15, 0.2) is 0 Å². The minimum Gasteiger partial charge on any atom is -0.472 e. The first-order valence-corrected chi connectivity index (χ1v) is 9.84. The fraction of sp³-hybridized carbons (Fsp3) is 0.286. The van der Waals surface area contributed by atoms with Crippen LogP contribution < -0.4 is 11.7 Å². The van der Waals surface area contributed by atoms with Crippen molar-refractivity contribution in [3.63, 3.8) is 0 Å². The van der Waals surface area contributed by atoms with Crippen LogP contribution in [0.15, 0.2) is 64.9 Å². The third kappa shape index (κ3) is 7.06. The molecule has 1 aromatic carbocycles. The third-order valence-electron chi connectivity index (χ3n) is 4.02. The Balaban J connectivity index is 0.00000218. The Hall–Kier alpha value is -3.10. The van der Waals surface area contributed by atoms with Crippen molar-refractivity contribution in [2.24, 2.45) is 16.8 Å². The van der Waals surface area contributed by atoms with Crippen molar-refractivity contribution in [2.75, 3.05) is 19.5 Å². The minimum atomic E-state index is -0.644. The van der Waals surface area contributed by atoms with E-state index in [2.05, 4.69) is 9.94 Å². The van der Waals surface area contributed by atoms with Gasteiger partial charge in [0.1, 0.15) is 12.5 Å². The van der Waals surface area contributed by atoms with E-state index in [1.54, 1.807) is 19.2 Å². The molecule has 0 saturated carbocycles. The van der Waals surface area contributed by atoms with E-state index in [9.17, 15) is 9.59 Å². The number of amides is 1. The van der Waals surface area contributed by atoms with Crippen molar-refractivity contribution in [3.8, 4) is 0 Å². The number of carbonyl (C=O) groups is 2. The van der Waals surface area contributed by atoms with Gasteiger partial charge in [-0.05, 0) is 48.4 Å². The van der Waals surface area contributed by atoms with Gasteiger partial charge < -0.3 is 20.3 Å². The topological polar surface area (TPSA) is 120 Å². The number of rotatable bonds is 6. The number of alkyl halides is 1. The molecule has 4 N–H and O–H groups in total. The summed E-state index contributed by atoms with van der Waals surface area (Å²) < 4.78 is 5.71. The van der Waals surface area contributed by atoms with Crippen molar-refractivity contribution in [1.29, 1.82) is 0 Å². The van der Waals surface area contributed by atoms with Gasteiger partial charge in [-0.25, -0.2) is 4.79 Å². The normalized spacial score (nSPS) is 13.2. The van der Waals surface area contributed by atoms with Gasteiger partial charge >= 0.3 is 5.97 Å². The Labute approximate surface area is 181 Å². The van der Waals surface area contributed by atoms with Gasteiger partial charge in [-0.1, -0.05) is 26.0 Å². The smallest absolute Gasteiger partial charge is 0.356 e. The first-order chi connectivity index (χ1) is 14.5. The van der Waals surface area contributed by atoms with Crippen LogP contribution in [0.2, 0.25) is 0 Å². The SMILES string of the molecule is CC.CN(C(=O)CCl)C1=CC=C(CO/C(=N\N)c2ccc(C(=O)ON)cc2)CC=C1. The lowest BCUT2D eigenvalue weighted by Crippen LogP contribution is -2.26. The number of allylic oxidation sites excluding steroid dienone is 4. The van der Waals surface area contributed by atoms with Crippen LogP contribution in [0.5, 0.6) is 0 Å². The Morgan fingerprint density at radius 3 is 2.37 bits per heavy atom. The van der Waals surface area contributed by atoms with Crippen LogP contribution in [0.3, 0.4) is 0 Å². The second-order valence-corrected chi connectivity index (χ2v) is 6.08. The zero-order chi connectivity index (χ0) is 22.5. The van der Waals surface area contributed by atoms with E-state index in [1.807, 2.05) is 38.2 Å². The van der Waals surface area contributed by atoms with E-state index < -0.39 is 5.97 Å². The molecular formula is C21H27ClN4O4. The lowest BCUT2D eigenvalue weighted by Gasteiger charge is -2.16. The number of benzene rings is 1. The summed E-state index contributed by atoms with van der Waals surface area (Å²) in [5, 5.41) is 3.66. The maximum Gasteiger partial charge on any atom is 0.356 e. The maximum absolute atomic E-state index is 11.7.